The zero-order valence-corrected chi connectivity index (χ0v) is 29.7. The summed E-state index contributed by atoms with van der Waals surface area (Å²) in [5.74, 6) is -1.28. The van der Waals surface area contributed by atoms with E-state index in [1.807, 2.05) is 0 Å². The number of phenolic OH excluding ortho intramolecular Hbond substituents is 1. The van der Waals surface area contributed by atoms with Crippen molar-refractivity contribution in [1.29, 1.82) is 0 Å². The fraction of sp³-hybridized carbons (Fsp3) is 0.462. The summed E-state index contributed by atoms with van der Waals surface area (Å²) in [6, 6.07) is 5.70. The molecule has 0 unspecified atom stereocenters. The summed E-state index contributed by atoms with van der Waals surface area (Å²) in [5, 5.41) is 17.1. The van der Waals surface area contributed by atoms with E-state index in [1.54, 1.807) is 36.9 Å². The van der Waals surface area contributed by atoms with Crippen LogP contribution in [0.2, 0.25) is 0 Å². The molecular weight excluding hydrogens is 690 g/mol. The van der Waals surface area contributed by atoms with Crippen LogP contribution in [-0.4, -0.2) is 113 Å². The van der Waals surface area contributed by atoms with Crippen LogP contribution in [-0.2, 0) is 11.8 Å². The van der Waals surface area contributed by atoms with Crippen molar-refractivity contribution in [1.82, 2.24) is 29.5 Å². The van der Waals surface area contributed by atoms with E-state index in [-0.39, 0.29) is 76.5 Å². The van der Waals surface area contributed by atoms with Crippen LogP contribution in [0.3, 0.4) is 0 Å². The van der Waals surface area contributed by atoms with Crippen LogP contribution in [0.4, 0.5) is 23.4 Å². The Morgan fingerprint density at radius 2 is 1.81 bits per heavy atom. The largest absolute Gasteiger partial charge is 0.508 e. The van der Waals surface area contributed by atoms with Crippen molar-refractivity contribution in [3.8, 4) is 35.2 Å². The summed E-state index contributed by atoms with van der Waals surface area (Å²) < 4.78 is 75.5. The van der Waals surface area contributed by atoms with Crippen molar-refractivity contribution in [2.75, 3.05) is 65.0 Å². The highest BCUT2D eigenvalue weighted by atomic mass is 19.3. The zero-order valence-electron chi connectivity index (χ0n) is 29.7. The molecule has 3 saturated heterocycles. The average Bonchev–Trinajstić information content (AvgIpc) is 3.27. The van der Waals surface area contributed by atoms with Crippen LogP contribution in [0.5, 0.6) is 11.8 Å². The quantitative estimate of drug-likeness (QED) is 0.155. The first-order chi connectivity index (χ1) is 25.4. The third kappa shape index (κ3) is 5.46. The van der Waals surface area contributed by atoms with Gasteiger partial charge in [0.25, 0.3) is 5.92 Å². The Morgan fingerprint density at radius 3 is 2.45 bits per heavy atom. The molecular formula is C39H39F4N7O3. The lowest BCUT2D eigenvalue weighted by atomic mass is 9.91. The van der Waals surface area contributed by atoms with Crippen LogP contribution in [0.1, 0.15) is 24.8 Å². The number of hydrogen-bond donors (Lipinski definition) is 1. The number of ether oxygens (including phenoxy) is 2. The van der Waals surface area contributed by atoms with Gasteiger partial charge in [-0.1, -0.05) is 12.0 Å². The number of aromatic nitrogens is 4. The number of terminal acetylenes is 1. The Balaban J connectivity index is 1.25. The van der Waals surface area contributed by atoms with Gasteiger partial charge in [0.15, 0.2) is 5.82 Å². The van der Waals surface area contributed by atoms with Gasteiger partial charge in [-0.3, -0.25) is 9.58 Å². The third-order valence-corrected chi connectivity index (χ3v) is 11.5. The highest BCUT2D eigenvalue weighted by Crippen LogP contribution is 2.60. The molecule has 0 radical (unpaired) electrons. The summed E-state index contributed by atoms with van der Waals surface area (Å²) in [7, 11) is 5.17. The molecule has 4 fully saturated rings. The number of piperazine rings is 1. The van der Waals surface area contributed by atoms with E-state index in [1.165, 1.54) is 24.3 Å². The molecule has 5 aromatic rings. The van der Waals surface area contributed by atoms with Crippen LogP contribution >= 0.6 is 0 Å². The first-order valence-electron chi connectivity index (χ1n) is 17.9. The molecule has 1 aliphatic carbocycles. The first-order valence-corrected chi connectivity index (χ1v) is 17.9. The van der Waals surface area contributed by atoms with Gasteiger partial charge in [-0.25, -0.2) is 17.6 Å². The van der Waals surface area contributed by atoms with Crippen molar-refractivity contribution in [2.45, 2.75) is 37.3 Å². The molecule has 0 spiro atoms. The number of hydrogen-bond acceptors (Lipinski definition) is 9. The third-order valence-electron chi connectivity index (χ3n) is 11.5. The topological polar surface area (TPSA) is 92.0 Å². The summed E-state index contributed by atoms with van der Waals surface area (Å²) in [4.78, 5) is 15.8. The molecule has 2 aromatic heterocycles. The summed E-state index contributed by atoms with van der Waals surface area (Å²) >= 11 is 0. The van der Waals surface area contributed by atoms with Gasteiger partial charge in [0.1, 0.15) is 35.0 Å². The molecule has 5 heterocycles. The number of alkyl halides is 2. The smallest absolute Gasteiger partial charge is 0.319 e. The number of aromatic hydroxyl groups is 1. The second-order valence-electron chi connectivity index (χ2n) is 15.5. The second kappa shape index (κ2) is 12.2. The fourth-order valence-electron chi connectivity index (χ4n) is 8.93. The lowest BCUT2D eigenvalue weighted by molar-refractivity contribution is -0.0538. The normalized spacial score (nSPS) is 24.0. The summed E-state index contributed by atoms with van der Waals surface area (Å²) in [5.41, 5.74) is -1.31. The van der Waals surface area contributed by atoms with Gasteiger partial charge in [0.05, 0.1) is 29.6 Å². The van der Waals surface area contributed by atoms with E-state index in [4.69, 9.17) is 20.9 Å². The number of rotatable bonds is 9. The van der Waals surface area contributed by atoms with Gasteiger partial charge >= 0.3 is 6.01 Å². The summed E-state index contributed by atoms with van der Waals surface area (Å²) in [6.07, 6.45) is 9.20. The Morgan fingerprint density at radius 1 is 1.08 bits per heavy atom. The molecule has 9 rings (SSSR count). The molecule has 2 bridgehead atoms. The van der Waals surface area contributed by atoms with Crippen LogP contribution in [0.25, 0.3) is 43.7 Å². The van der Waals surface area contributed by atoms with E-state index in [9.17, 15) is 13.9 Å². The van der Waals surface area contributed by atoms with E-state index in [2.05, 4.69) is 25.8 Å². The molecule has 53 heavy (non-hydrogen) atoms. The van der Waals surface area contributed by atoms with E-state index in [0.29, 0.717) is 41.0 Å². The molecule has 3 aromatic carbocycles. The monoisotopic (exact) mass is 729 g/mol. The first kappa shape index (κ1) is 34.1. The number of nitrogens with zero attached hydrogens (tertiary/aromatic N) is 7. The van der Waals surface area contributed by atoms with Crippen molar-refractivity contribution in [3.05, 3.63) is 47.7 Å². The van der Waals surface area contributed by atoms with Gasteiger partial charge in [-0.2, -0.15) is 15.1 Å². The molecule has 14 heteroatoms. The highest BCUT2D eigenvalue weighted by Gasteiger charge is 2.71. The molecule has 3 atom stereocenters. The minimum absolute atomic E-state index is 0.0443. The predicted octanol–water partition coefficient (Wildman–Crippen LogP) is 5.57. The lowest BCUT2D eigenvalue weighted by Crippen LogP contribution is -2.56. The van der Waals surface area contributed by atoms with Crippen molar-refractivity contribution >= 4 is 38.4 Å². The number of halogens is 4. The Kier molecular flexibility index (Phi) is 7.82. The van der Waals surface area contributed by atoms with E-state index < -0.39 is 23.0 Å². The Hall–Kier alpha value is -4.71. The maximum atomic E-state index is 17.6. The maximum absolute atomic E-state index is 17.6. The number of aryl methyl sites for hydroxylation is 1. The SMILES string of the molecule is C#Cc1c(F)ccc2cc(O)cc(-c3c(F)c4nc(OC[C@]5(CN(C)C)CC5(F)F)nc(N5C[C@H]6CC[C@@H](C5)N6CC5COC5)c4c4cn(C)nc34)c12. The fourth-order valence-corrected chi connectivity index (χ4v) is 8.93. The Labute approximate surface area is 303 Å². The molecule has 276 valence electrons. The van der Waals surface area contributed by atoms with Crippen LogP contribution in [0, 0.1) is 35.3 Å². The number of phenols is 1. The molecule has 1 saturated carbocycles. The molecule has 4 aliphatic rings. The lowest BCUT2D eigenvalue weighted by Gasteiger charge is -2.44. The van der Waals surface area contributed by atoms with Crippen molar-refractivity contribution in [3.63, 3.8) is 0 Å². The van der Waals surface area contributed by atoms with E-state index in [0.717, 1.165) is 32.6 Å². The highest BCUT2D eigenvalue weighted by molar-refractivity contribution is 6.18. The van der Waals surface area contributed by atoms with Gasteiger partial charge in [-0.15, -0.1) is 6.42 Å². The Bertz CT molecular complexity index is 2340. The second-order valence-corrected chi connectivity index (χ2v) is 15.5. The van der Waals surface area contributed by atoms with Gasteiger partial charge in [0, 0.05) is 80.2 Å². The van der Waals surface area contributed by atoms with Crippen molar-refractivity contribution < 1.29 is 32.1 Å². The minimum Gasteiger partial charge on any atom is -0.508 e. The standard InChI is InChI=1S/C39H39F4N7O3/c1-5-26-29(40)9-6-22-10-25(51)11-27(30(22)26)31-33(41)35-32(28-15-48(4)46-34(28)31)36(45-37(44-35)53-20-38(19-47(2)3)18-39(38,42)43)49-13-23-7-8-24(14-49)50(23)12-21-16-52-17-21/h1,6,9-11,15,21,23-24,51H,7-8,12-14,16-20H2,2-4H3/t23-,24+,38-/m1/s1. The molecule has 3 aliphatic heterocycles. The zero-order chi connectivity index (χ0) is 37.0. The molecule has 0 amide bonds. The van der Waals surface area contributed by atoms with Crippen molar-refractivity contribution in [2.24, 2.45) is 18.4 Å². The van der Waals surface area contributed by atoms with Gasteiger partial charge in [0.2, 0.25) is 0 Å². The number of anilines is 1. The van der Waals surface area contributed by atoms with Gasteiger partial charge < -0.3 is 24.4 Å². The van der Waals surface area contributed by atoms with Gasteiger partial charge in [-0.05, 0) is 56.1 Å². The van der Waals surface area contributed by atoms with E-state index >= 15 is 8.78 Å². The molecule has 1 N–H and O–H groups in total. The summed E-state index contributed by atoms with van der Waals surface area (Å²) in [6.45, 7) is 3.43. The average molecular weight is 730 g/mol. The number of benzene rings is 3. The van der Waals surface area contributed by atoms with Crippen LogP contribution in [0.15, 0.2) is 30.5 Å². The number of fused-ring (bicyclic) bond motifs is 6. The minimum atomic E-state index is -2.93. The molecule has 10 nitrogen and oxygen atoms in total. The predicted molar refractivity (Wildman–Crippen MR) is 192 cm³/mol. The maximum Gasteiger partial charge on any atom is 0.319 e. The van der Waals surface area contributed by atoms with Crippen LogP contribution < -0.4 is 9.64 Å².